The molecule has 0 atom stereocenters. The van der Waals surface area contributed by atoms with E-state index in [2.05, 4.69) is 0 Å². The fourth-order valence-corrected chi connectivity index (χ4v) is 2.84. The van der Waals surface area contributed by atoms with E-state index in [0.29, 0.717) is 25.4 Å². The van der Waals surface area contributed by atoms with Gasteiger partial charge in [0.1, 0.15) is 5.75 Å². The summed E-state index contributed by atoms with van der Waals surface area (Å²) in [5.74, 6) is 0.276. The molecule has 5 nitrogen and oxygen atoms in total. The van der Waals surface area contributed by atoms with Gasteiger partial charge in [-0.25, -0.2) is 0 Å². The van der Waals surface area contributed by atoms with Gasteiger partial charge >= 0.3 is 5.97 Å². The van der Waals surface area contributed by atoms with Crippen LogP contribution < -0.4 is 4.74 Å². The summed E-state index contributed by atoms with van der Waals surface area (Å²) in [5.41, 5.74) is 3.29. The molecule has 0 saturated carbocycles. The third-order valence-electron chi connectivity index (χ3n) is 4.66. The number of carbonyl (C=O) groups excluding carboxylic acids is 2. The highest BCUT2D eigenvalue weighted by Gasteiger charge is 2.17. The van der Waals surface area contributed by atoms with Gasteiger partial charge < -0.3 is 14.4 Å². The molecule has 0 bridgehead atoms. The number of esters is 1. The molecule has 0 spiro atoms. The maximum Gasteiger partial charge on any atom is 0.307 e. The average molecular weight is 383 g/mol. The van der Waals surface area contributed by atoms with Crippen LogP contribution in [0, 0.1) is 13.8 Å². The molecule has 0 saturated heterocycles. The number of carbonyl (C=O) groups is 2. The van der Waals surface area contributed by atoms with Gasteiger partial charge in [-0.3, -0.25) is 9.59 Å². The number of hydrogen-bond donors (Lipinski definition) is 0. The van der Waals surface area contributed by atoms with Crippen LogP contribution >= 0.6 is 0 Å². The first kappa shape index (κ1) is 21.5. The quantitative estimate of drug-likeness (QED) is 0.587. The van der Waals surface area contributed by atoms with Gasteiger partial charge in [0.25, 0.3) is 5.91 Å². The molecule has 5 heteroatoms. The second-order valence-electron chi connectivity index (χ2n) is 6.66. The van der Waals surface area contributed by atoms with Crippen molar-refractivity contribution in [3.05, 3.63) is 65.2 Å². The van der Waals surface area contributed by atoms with Crippen molar-refractivity contribution < 1.29 is 19.1 Å². The van der Waals surface area contributed by atoms with Gasteiger partial charge in [-0.1, -0.05) is 42.5 Å². The van der Waals surface area contributed by atoms with Crippen molar-refractivity contribution in [2.45, 2.75) is 33.6 Å². The summed E-state index contributed by atoms with van der Waals surface area (Å²) in [6.45, 7) is 6.89. The van der Waals surface area contributed by atoms with Crippen molar-refractivity contribution in [1.82, 2.24) is 4.90 Å². The number of benzene rings is 2. The zero-order chi connectivity index (χ0) is 20.4. The highest BCUT2D eigenvalue weighted by molar-refractivity contribution is 5.78. The van der Waals surface area contributed by atoms with E-state index in [0.717, 1.165) is 23.1 Å². The monoisotopic (exact) mass is 383 g/mol. The number of nitrogens with zero attached hydrogens (tertiary/aromatic N) is 1. The van der Waals surface area contributed by atoms with Crippen molar-refractivity contribution in [2.75, 3.05) is 26.3 Å². The van der Waals surface area contributed by atoms with E-state index in [1.54, 1.807) is 11.8 Å². The predicted molar refractivity (Wildman–Crippen MR) is 109 cm³/mol. The molecule has 28 heavy (non-hydrogen) atoms. The first-order valence-corrected chi connectivity index (χ1v) is 9.67. The van der Waals surface area contributed by atoms with Gasteiger partial charge in [0.2, 0.25) is 0 Å². The molecular formula is C23H29NO4. The molecule has 2 aromatic carbocycles. The fourth-order valence-electron chi connectivity index (χ4n) is 2.84. The topological polar surface area (TPSA) is 55.8 Å². The summed E-state index contributed by atoms with van der Waals surface area (Å²) >= 11 is 0. The minimum absolute atomic E-state index is 0.0537. The molecule has 0 aliphatic heterocycles. The van der Waals surface area contributed by atoms with E-state index in [9.17, 15) is 9.59 Å². The number of hydrogen-bond acceptors (Lipinski definition) is 4. The first-order valence-electron chi connectivity index (χ1n) is 9.67. The molecule has 0 radical (unpaired) electrons. The van der Waals surface area contributed by atoms with Gasteiger partial charge in [-0.05, 0) is 49.9 Å². The average Bonchev–Trinajstić information content (AvgIpc) is 2.70. The maximum atomic E-state index is 12.8. The van der Waals surface area contributed by atoms with Gasteiger partial charge in [0, 0.05) is 13.1 Å². The summed E-state index contributed by atoms with van der Waals surface area (Å²) in [6, 6.07) is 15.8. The van der Waals surface area contributed by atoms with E-state index < -0.39 is 0 Å². The molecule has 150 valence electrons. The van der Waals surface area contributed by atoms with Gasteiger partial charge in [0.15, 0.2) is 6.61 Å². The second-order valence-corrected chi connectivity index (χ2v) is 6.66. The van der Waals surface area contributed by atoms with Crippen LogP contribution in [0.3, 0.4) is 0 Å². The smallest absolute Gasteiger partial charge is 0.307 e. The zero-order valence-electron chi connectivity index (χ0n) is 16.9. The number of ether oxygens (including phenoxy) is 2. The van der Waals surface area contributed by atoms with Crippen LogP contribution in [0.25, 0.3) is 0 Å². The van der Waals surface area contributed by atoms with E-state index in [4.69, 9.17) is 9.47 Å². The fraction of sp³-hybridized carbons (Fsp3) is 0.391. The van der Waals surface area contributed by atoms with Crippen LogP contribution in [0.4, 0.5) is 0 Å². The Morgan fingerprint density at radius 3 is 2.43 bits per heavy atom. The van der Waals surface area contributed by atoms with Crippen molar-refractivity contribution in [2.24, 2.45) is 0 Å². The molecule has 0 aliphatic carbocycles. The Hall–Kier alpha value is -2.82. The van der Waals surface area contributed by atoms with Crippen molar-refractivity contribution >= 4 is 11.9 Å². The van der Waals surface area contributed by atoms with Crippen LogP contribution in [0.1, 0.15) is 30.0 Å². The van der Waals surface area contributed by atoms with Crippen LogP contribution in [0.2, 0.25) is 0 Å². The zero-order valence-corrected chi connectivity index (χ0v) is 16.9. The lowest BCUT2D eigenvalue weighted by molar-refractivity contribution is -0.144. The van der Waals surface area contributed by atoms with Gasteiger partial charge in [-0.2, -0.15) is 0 Å². The lowest BCUT2D eigenvalue weighted by Gasteiger charge is -2.23. The predicted octanol–water partition coefficient (Wildman–Crippen LogP) is 3.71. The Morgan fingerprint density at radius 1 is 0.964 bits per heavy atom. The number of rotatable bonds is 10. The summed E-state index contributed by atoms with van der Waals surface area (Å²) in [7, 11) is 0. The first-order chi connectivity index (χ1) is 13.5. The largest absolute Gasteiger partial charge is 0.483 e. The molecule has 0 fully saturated rings. The summed E-state index contributed by atoms with van der Waals surface area (Å²) in [6.07, 6.45) is 0.900. The summed E-state index contributed by atoms with van der Waals surface area (Å²) in [4.78, 5) is 26.1. The van der Waals surface area contributed by atoms with Gasteiger partial charge in [0.05, 0.1) is 13.0 Å². The standard InChI is InChI=1S/C23H29NO4/c1-4-27-23(26)14-16-24(15-13-20-10-6-5-7-11-20)22(25)17-28-21-12-8-9-18(2)19(21)3/h5-12H,4,13-17H2,1-3H3. The minimum atomic E-state index is -0.296. The molecule has 0 heterocycles. The summed E-state index contributed by atoms with van der Waals surface area (Å²) < 4.78 is 10.7. The Labute approximate surface area is 167 Å². The van der Waals surface area contributed by atoms with Gasteiger partial charge in [-0.15, -0.1) is 0 Å². The summed E-state index contributed by atoms with van der Waals surface area (Å²) in [5, 5.41) is 0. The third-order valence-corrected chi connectivity index (χ3v) is 4.66. The maximum absolute atomic E-state index is 12.8. The Morgan fingerprint density at radius 2 is 1.71 bits per heavy atom. The Bertz CT molecular complexity index is 773. The van der Waals surface area contributed by atoms with E-state index in [1.807, 2.05) is 62.4 Å². The molecule has 0 unspecified atom stereocenters. The highest BCUT2D eigenvalue weighted by Crippen LogP contribution is 2.20. The van der Waals surface area contributed by atoms with Crippen LogP contribution in [0.15, 0.2) is 48.5 Å². The molecule has 0 N–H and O–H groups in total. The molecule has 2 aromatic rings. The molecule has 0 aliphatic rings. The second kappa shape index (κ2) is 11.1. The van der Waals surface area contributed by atoms with E-state index >= 15 is 0 Å². The lowest BCUT2D eigenvalue weighted by Crippen LogP contribution is -2.38. The number of amides is 1. The number of aryl methyl sites for hydroxylation is 1. The van der Waals surface area contributed by atoms with Crippen molar-refractivity contribution in [3.8, 4) is 5.75 Å². The molecule has 2 rings (SSSR count). The van der Waals surface area contributed by atoms with Crippen LogP contribution in [-0.2, 0) is 20.7 Å². The van der Waals surface area contributed by atoms with Crippen molar-refractivity contribution in [1.29, 1.82) is 0 Å². The Kier molecular flexibility index (Phi) is 8.53. The van der Waals surface area contributed by atoms with E-state index in [1.165, 1.54) is 0 Å². The van der Waals surface area contributed by atoms with Crippen molar-refractivity contribution in [3.63, 3.8) is 0 Å². The minimum Gasteiger partial charge on any atom is -0.483 e. The molecular weight excluding hydrogens is 354 g/mol. The molecule has 0 aromatic heterocycles. The molecule has 1 amide bonds. The third kappa shape index (κ3) is 6.72. The highest BCUT2D eigenvalue weighted by atomic mass is 16.5. The van der Waals surface area contributed by atoms with Crippen LogP contribution in [-0.4, -0.2) is 43.1 Å². The SMILES string of the molecule is CCOC(=O)CCN(CCc1ccccc1)C(=O)COc1cccc(C)c1C. The Balaban J connectivity index is 1.98. The normalized spacial score (nSPS) is 10.4. The lowest BCUT2D eigenvalue weighted by atomic mass is 10.1. The van der Waals surface area contributed by atoms with E-state index in [-0.39, 0.29) is 24.9 Å². The van der Waals surface area contributed by atoms with Crippen LogP contribution in [0.5, 0.6) is 5.75 Å².